The number of aromatic nitrogens is 1. The van der Waals surface area contributed by atoms with Gasteiger partial charge in [-0.15, -0.1) is 0 Å². The summed E-state index contributed by atoms with van der Waals surface area (Å²) in [6, 6.07) is 12.1. The molecular weight excluding hydrogens is 755 g/mol. The van der Waals surface area contributed by atoms with E-state index < -0.39 is 47.8 Å². The third-order valence-electron chi connectivity index (χ3n) is 9.62. The lowest BCUT2D eigenvalue weighted by Gasteiger charge is -2.26. The van der Waals surface area contributed by atoms with E-state index in [1.165, 1.54) is 14.2 Å². The maximum absolute atomic E-state index is 13.9. The van der Waals surface area contributed by atoms with Gasteiger partial charge in [0, 0.05) is 37.0 Å². The first-order chi connectivity index (χ1) is 28.1. The van der Waals surface area contributed by atoms with Gasteiger partial charge >= 0.3 is 18.2 Å². The van der Waals surface area contributed by atoms with Gasteiger partial charge in [0.05, 0.1) is 13.7 Å². The number of H-pyrrole nitrogens is 1. The molecule has 3 aromatic rings. The summed E-state index contributed by atoms with van der Waals surface area (Å²) in [5.41, 5.74) is 3.36. The van der Waals surface area contributed by atoms with Crippen molar-refractivity contribution in [3.8, 4) is 5.75 Å². The zero-order valence-electron chi connectivity index (χ0n) is 35.6. The van der Waals surface area contributed by atoms with Crippen molar-refractivity contribution in [2.75, 3.05) is 20.8 Å². The monoisotopic (exact) mass is 815 g/mol. The molecule has 1 heterocycles. The minimum Gasteiger partial charge on any atom is -0.493 e. The van der Waals surface area contributed by atoms with E-state index in [9.17, 15) is 24.0 Å². The van der Waals surface area contributed by atoms with Crippen LogP contribution in [0.5, 0.6) is 5.75 Å². The molecule has 5 N–H and O–H groups in total. The fourth-order valence-electron chi connectivity index (χ4n) is 6.78. The number of ether oxygens (including phenoxy) is 4. The number of esters is 1. The van der Waals surface area contributed by atoms with Gasteiger partial charge < -0.3 is 45.2 Å². The van der Waals surface area contributed by atoms with Gasteiger partial charge in [0.2, 0.25) is 11.8 Å². The molecule has 0 aliphatic heterocycles. The van der Waals surface area contributed by atoms with Crippen LogP contribution in [0.15, 0.2) is 54.7 Å². The van der Waals surface area contributed by atoms with Crippen LogP contribution in [-0.2, 0) is 48.0 Å². The number of likely N-dealkylation sites (N-methyl/N-ethyl adjacent to an activating group) is 1. The summed E-state index contributed by atoms with van der Waals surface area (Å²) in [7, 11) is 2.79. The average molecular weight is 816 g/mol. The third-order valence-corrected chi connectivity index (χ3v) is 9.62. The SMILES string of the molecule is CCCCOc1ccc(C[C@H](NC(=O)OC(C)(C)C)C(=O)N[C@@H](CC(C)C)C(=O)OC)cc1C1=c2[nH]cc(C[C@H](NC(=O)OCc3ccccc3)C(=O)NC)c2=CCC1. The number of alkyl carbamates (subject to hydrolysis) is 2. The maximum Gasteiger partial charge on any atom is 0.408 e. The van der Waals surface area contributed by atoms with Gasteiger partial charge in [0.25, 0.3) is 0 Å². The number of nitrogens with one attached hydrogen (secondary N) is 5. The molecule has 14 heteroatoms. The van der Waals surface area contributed by atoms with Crippen LogP contribution in [0.25, 0.3) is 11.6 Å². The van der Waals surface area contributed by atoms with Gasteiger partial charge in [-0.2, -0.15) is 0 Å². The molecule has 0 saturated carbocycles. The molecule has 2 aromatic carbocycles. The standard InChI is InChI=1S/C45H61N5O9/c1-9-10-21-57-38-20-19-30(24-35(50-44(55)59-45(4,5)6)41(52)48-37(22-28(2)3)42(53)56-8)23-34(38)33-18-14-17-32-31(26-47-39(32)33)25-36(40(51)46-7)49-43(54)58-27-29-15-12-11-13-16-29/h11-13,15-17,19-20,23,26,28,35-37,47H,9-10,14,18,21-22,24-25,27H2,1-8H3,(H,46,51)(H,48,52)(H,49,54)(H,50,55)/t35-,36-,37-/m0/s1. The second-order valence-corrected chi connectivity index (χ2v) is 16.1. The lowest BCUT2D eigenvalue weighted by molar-refractivity contribution is -0.145. The van der Waals surface area contributed by atoms with Crippen molar-refractivity contribution in [3.63, 3.8) is 0 Å². The van der Waals surface area contributed by atoms with E-state index in [4.69, 9.17) is 18.9 Å². The highest BCUT2D eigenvalue weighted by molar-refractivity contribution is 5.90. The Morgan fingerprint density at radius 3 is 2.24 bits per heavy atom. The maximum atomic E-state index is 13.9. The first kappa shape index (κ1) is 45.9. The minimum atomic E-state index is -1.10. The van der Waals surface area contributed by atoms with Crippen LogP contribution in [0.2, 0.25) is 0 Å². The second-order valence-electron chi connectivity index (χ2n) is 16.1. The van der Waals surface area contributed by atoms with E-state index in [0.717, 1.165) is 51.2 Å². The fraction of sp³-hybridized carbons (Fsp3) is 0.489. The number of methoxy groups -OCH3 is 1. The highest BCUT2D eigenvalue weighted by Gasteiger charge is 2.30. The molecule has 14 nitrogen and oxygen atoms in total. The summed E-state index contributed by atoms with van der Waals surface area (Å²) in [5, 5.41) is 12.7. The number of benzene rings is 2. The van der Waals surface area contributed by atoms with Gasteiger partial charge in [-0.05, 0) is 92.0 Å². The van der Waals surface area contributed by atoms with Gasteiger partial charge in [-0.25, -0.2) is 14.4 Å². The van der Waals surface area contributed by atoms with Crippen LogP contribution in [0.4, 0.5) is 9.59 Å². The number of unbranched alkanes of at least 4 members (excludes halogenated alkanes) is 1. The van der Waals surface area contributed by atoms with Crippen LogP contribution in [0.3, 0.4) is 0 Å². The largest absolute Gasteiger partial charge is 0.493 e. The molecule has 320 valence electrons. The van der Waals surface area contributed by atoms with Crippen molar-refractivity contribution in [1.82, 2.24) is 26.3 Å². The van der Waals surface area contributed by atoms with Crippen molar-refractivity contribution in [2.24, 2.45) is 5.92 Å². The molecular formula is C45H61N5O9. The predicted octanol–water partition coefficient (Wildman–Crippen LogP) is 4.69. The zero-order valence-corrected chi connectivity index (χ0v) is 35.6. The number of hydrogen-bond donors (Lipinski definition) is 5. The molecule has 1 aromatic heterocycles. The first-order valence-electron chi connectivity index (χ1n) is 20.3. The molecule has 0 radical (unpaired) electrons. The third kappa shape index (κ3) is 13.9. The van der Waals surface area contributed by atoms with Crippen LogP contribution in [0.1, 0.15) is 95.9 Å². The topological polar surface area (TPSA) is 186 Å². The lowest BCUT2D eigenvalue weighted by Crippen LogP contribution is -2.53. The molecule has 0 spiro atoms. The number of carbonyl (C=O) groups excluding carboxylic acids is 5. The summed E-state index contributed by atoms with van der Waals surface area (Å²) in [6.45, 7) is 11.7. The molecule has 0 fully saturated rings. The average Bonchev–Trinajstić information content (AvgIpc) is 3.61. The van der Waals surface area contributed by atoms with Gasteiger partial charge in [-0.1, -0.05) is 69.7 Å². The van der Waals surface area contributed by atoms with Gasteiger partial charge in [0.15, 0.2) is 0 Å². The number of rotatable bonds is 19. The smallest absolute Gasteiger partial charge is 0.408 e. The van der Waals surface area contributed by atoms with E-state index in [1.54, 1.807) is 20.8 Å². The number of carbonyl (C=O) groups is 5. The van der Waals surface area contributed by atoms with E-state index in [-0.39, 0.29) is 31.3 Å². The quantitative estimate of drug-likeness (QED) is 0.0651. The van der Waals surface area contributed by atoms with Gasteiger partial charge in [0.1, 0.15) is 36.1 Å². The lowest BCUT2D eigenvalue weighted by atomic mass is 9.92. The molecule has 59 heavy (non-hydrogen) atoms. The summed E-state index contributed by atoms with van der Waals surface area (Å²) in [4.78, 5) is 68.9. The van der Waals surface area contributed by atoms with E-state index >= 15 is 0 Å². The fourth-order valence-corrected chi connectivity index (χ4v) is 6.78. The molecule has 0 bridgehead atoms. The van der Waals surface area contributed by atoms with E-state index in [0.29, 0.717) is 31.6 Å². The summed E-state index contributed by atoms with van der Waals surface area (Å²) in [6.07, 6.45) is 6.26. The first-order valence-corrected chi connectivity index (χ1v) is 20.3. The van der Waals surface area contributed by atoms with E-state index in [2.05, 4.69) is 39.3 Å². The Labute approximate surface area is 346 Å². The van der Waals surface area contributed by atoms with Crippen molar-refractivity contribution in [1.29, 1.82) is 0 Å². The normalized spacial score (nSPS) is 13.8. The molecule has 1 aliphatic carbocycles. The molecule has 0 unspecified atom stereocenters. The van der Waals surface area contributed by atoms with E-state index in [1.807, 2.05) is 68.6 Å². The van der Waals surface area contributed by atoms with Gasteiger partial charge in [-0.3, -0.25) is 9.59 Å². The molecule has 4 amide bonds. The predicted molar refractivity (Wildman–Crippen MR) is 225 cm³/mol. The van der Waals surface area contributed by atoms with Crippen molar-refractivity contribution >= 4 is 41.6 Å². The minimum absolute atomic E-state index is 0.0646. The highest BCUT2D eigenvalue weighted by Crippen LogP contribution is 2.30. The zero-order chi connectivity index (χ0) is 43.1. The number of aromatic amines is 1. The molecule has 0 saturated heterocycles. The van der Waals surface area contributed by atoms with Crippen molar-refractivity contribution < 1.29 is 42.9 Å². The Balaban J connectivity index is 1.70. The highest BCUT2D eigenvalue weighted by atomic mass is 16.6. The second kappa shape index (κ2) is 21.8. The van der Waals surface area contributed by atoms with Crippen LogP contribution in [0, 0.1) is 5.92 Å². The van der Waals surface area contributed by atoms with Crippen LogP contribution in [-0.4, -0.2) is 79.4 Å². The Kier molecular flexibility index (Phi) is 17.0. The summed E-state index contributed by atoms with van der Waals surface area (Å²) in [5.74, 6) is -0.759. The summed E-state index contributed by atoms with van der Waals surface area (Å²) >= 11 is 0. The van der Waals surface area contributed by atoms with Crippen molar-refractivity contribution in [2.45, 2.75) is 117 Å². The van der Waals surface area contributed by atoms with Crippen LogP contribution >= 0.6 is 0 Å². The Morgan fingerprint density at radius 1 is 0.864 bits per heavy atom. The molecule has 4 rings (SSSR count). The van der Waals surface area contributed by atoms with Crippen LogP contribution < -0.4 is 36.6 Å². The number of hydrogen-bond acceptors (Lipinski definition) is 9. The molecule has 1 aliphatic rings. The Hall–Kier alpha value is -5.79. The van der Waals surface area contributed by atoms with Crippen molar-refractivity contribution in [3.05, 3.63) is 87.5 Å². The summed E-state index contributed by atoms with van der Waals surface area (Å²) < 4.78 is 22.3. The molecule has 3 atom stereocenters. The number of fused-ring (bicyclic) bond motifs is 1. The number of amides is 4. The Morgan fingerprint density at radius 2 is 1.58 bits per heavy atom. The Bertz CT molecular complexity index is 2040.